The summed E-state index contributed by atoms with van der Waals surface area (Å²) >= 11 is 0. The Kier molecular flexibility index (Phi) is 4.08. The van der Waals surface area contributed by atoms with Gasteiger partial charge in [-0.15, -0.1) is 0 Å². The van der Waals surface area contributed by atoms with Gasteiger partial charge in [0.05, 0.1) is 25.2 Å². The van der Waals surface area contributed by atoms with Crippen LogP contribution in [0.1, 0.15) is 31.2 Å². The number of nitriles is 1. The maximum absolute atomic E-state index is 9.13. The minimum absolute atomic E-state index is 0.148. The standard InChI is InChI=1S/C16H20N2O2/c17-10-12-4-1-6-14(12)18-11-13-5-2-7-15-16(13)20-9-3-8-19-15/h2,5,7,12,14,18H,1,3-4,6,8-9,11H2. The van der Waals surface area contributed by atoms with E-state index in [4.69, 9.17) is 14.7 Å². The number of rotatable bonds is 3. The average Bonchev–Trinajstić information content (AvgIpc) is 2.80. The molecular formula is C16H20N2O2. The summed E-state index contributed by atoms with van der Waals surface area (Å²) in [7, 11) is 0. The van der Waals surface area contributed by atoms with Crippen molar-refractivity contribution >= 4 is 0 Å². The van der Waals surface area contributed by atoms with Crippen LogP contribution in [0.25, 0.3) is 0 Å². The van der Waals surface area contributed by atoms with Crippen molar-refractivity contribution in [3.05, 3.63) is 23.8 Å². The Balaban J connectivity index is 1.70. The maximum Gasteiger partial charge on any atom is 0.165 e. The van der Waals surface area contributed by atoms with Crippen molar-refractivity contribution in [2.24, 2.45) is 5.92 Å². The topological polar surface area (TPSA) is 54.3 Å². The first-order valence-corrected chi connectivity index (χ1v) is 7.39. The summed E-state index contributed by atoms with van der Waals surface area (Å²) in [5, 5.41) is 12.6. The van der Waals surface area contributed by atoms with Crippen LogP contribution in [0.4, 0.5) is 0 Å². The average molecular weight is 272 g/mol. The molecule has 4 nitrogen and oxygen atoms in total. The van der Waals surface area contributed by atoms with E-state index in [2.05, 4.69) is 17.5 Å². The molecule has 1 aromatic carbocycles. The Morgan fingerprint density at radius 3 is 3.00 bits per heavy atom. The normalized spacial score (nSPS) is 24.9. The van der Waals surface area contributed by atoms with E-state index in [0.717, 1.165) is 49.3 Å². The minimum Gasteiger partial charge on any atom is -0.490 e. The van der Waals surface area contributed by atoms with Crippen LogP contribution in [0, 0.1) is 17.2 Å². The molecule has 106 valence electrons. The number of para-hydroxylation sites is 1. The Bertz CT molecular complexity index is 510. The summed E-state index contributed by atoms with van der Waals surface area (Å²) in [5.74, 6) is 1.85. The first-order chi connectivity index (χ1) is 9.88. The molecule has 20 heavy (non-hydrogen) atoms. The first kappa shape index (κ1) is 13.3. The van der Waals surface area contributed by atoms with Crippen LogP contribution in [-0.4, -0.2) is 19.3 Å². The van der Waals surface area contributed by atoms with E-state index in [0.29, 0.717) is 19.3 Å². The van der Waals surface area contributed by atoms with Crippen LogP contribution in [0.3, 0.4) is 0 Å². The second-order valence-electron chi connectivity index (χ2n) is 5.45. The van der Waals surface area contributed by atoms with Crippen molar-refractivity contribution in [1.82, 2.24) is 5.32 Å². The second-order valence-corrected chi connectivity index (χ2v) is 5.45. The van der Waals surface area contributed by atoms with E-state index in [1.807, 2.05) is 12.1 Å². The highest BCUT2D eigenvalue weighted by Crippen LogP contribution is 2.33. The van der Waals surface area contributed by atoms with Gasteiger partial charge < -0.3 is 14.8 Å². The lowest BCUT2D eigenvalue weighted by Crippen LogP contribution is -2.31. The minimum atomic E-state index is 0.148. The van der Waals surface area contributed by atoms with Crippen LogP contribution in [-0.2, 0) is 6.54 Å². The van der Waals surface area contributed by atoms with Crippen LogP contribution in [0.2, 0.25) is 0 Å². The number of ether oxygens (including phenoxy) is 2. The number of hydrogen-bond acceptors (Lipinski definition) is 4. The van der Waals surface area contributed by atoms with Gasteiger partial charge in [-0.05, 0) is 18.9 Å². The molecule has 1 aromatic rings. The fourth-order valence-electron chi connectivity index (χ4n) is 2.99. The van der Waals surface area contributed by atoms with Gasteiger partial charge in [0.25, 0.3) is 0 Å². The van der Waals surface area contributed by atoms with E-state index < -0.39 is 0 Å². The highest BCUT2D eigenvalue weighted by Gasteiger charge is 2.27. The van der Waals surface area contributed by atoms with Crippen molar-refractivity contribution < 1.29 is 9.47 Å². The quantitative estimate of drug-likeness (QED) is 0.919. The predicted octanol–water partition coefficient (Wildman–Crippen LogP) is 2.63. The van der Waals surface area contributed by atoms with E-state index in [9.17, 15) is 0 Å². The van der Waals surface area contributed by atoms with Gasteiger partial charge in [-0.25, -0.2) is 0 Å². The molecule has 1 heterocycles. The third-order valence-electron chi connectivity index (χ3n) is 4.09. The molecule has 0 saturated heterocycles. The van der Waals surface area contributed by atoms with Crippen molar-refractivity contribution in [1.29, 1.82) is 5.26 Å². The smallest absolute Gasteiger partial charge is 0.165 e. The zero-order chi connectivity index (χ0) is 13.8. The predicted molar refractivity (Wildman–Crippen MR) is 75.6 cm³/mol. The number of benzene rings is 1. The van der Waals surface area contributed by atoms with E-state index >= 15 is 0 Å². The molecule has 1 aliphatic heterocycles. The van der Waals surface area contributed by atoms with Gasteiger partial charge in [0.15, 0.2) is 11.5 Å². The Morgan fingerprint density at radius 1 is 1.20 bits per heavy atom. The summed E-state index contributed by atoms with van der Waals surface area (Å²) in [6, 6.07) is 8.74. The van der Waals surface area contributed by atoms with Crippen LogP contribution >= 0.6 is 0 Å². The molecule has 0 amide bonds. The summed E-state index contributed by atoms with van der Waals surface area (Å²) in [6.07, 6.45) is 4.16. The number of nitrogens with one attached hydrogen (secondary N) is 1. The van der Waals surface area contributed by atoms with Crippen molar-refractivity contribution in [2.75, 3.05) is 13.2 Å². The lowest BCUT2D eigenvalue weighted by atomic mass is 10.1. The lowest BCUT2D eigenvalue weighted by Gasteiger charge is -2.18. The highest BCUT2D eigenvalue weighted by molar-refractivity contribution is 5.47. The third-order valence-corrected chi connectivity index (χ3v) is 4.09. The molecule has 2 aliphatic rings. The molecule has 2 unspecified atom stereocenters. The number of fused-ring (bicyclic) bond motifs is 1. The SMILES string of the molecule is N#CC1CCCC1NCc1cccc2c1OCCCO2. The van der Waals surface area contributed by atoms with Gasteiger partial charge in [0, 0.05) is 24.6 Å². The fraction of sp³-hybridized carbons (Fsp3) is 0.562. The molecule has 1 N–H and O–H groups in total. The summed E-state index contributed by atoms with van der Waals surface area (Å²) in [6.45, 7) is 2.15. The zero-order valence-electron chi connectivity index (χ0n) is 11.6. The summed E-state index contributed by atoms with van der Waals surface area (Å²) in [5.41, 5.74) is 1.12. The van der Waals surface area contributed by atoms with Crippen molar-refractivity contribution in [3.63, 3.8) is 0 Å². The van der Waals surface area contributed by atoms with Crippen molar-refractivity contribution in [3.8, 4) is 17.6 Å². The van der Waals surface area contributed by atoms with Gasteiger partial charge in [-0.3, -0.25) is 0 Å². The Morgan fingerprint density at radius 2 is 2.10 bits per heavy atom. The van der Waals surface area contributed by atoms with Gasteiger partial charge in [-0.1, -0.05) is 18.6 Å². The molecule has 1 fully saturated rings. The molecule has 1 aliphatic carbocycles. The molecule has 0 aromatic heterocycles. The lowest BCUT2D eigenvalue weighted by molar-refractivity contribution is 0.295. The highest BCUT2D eigenvalue weighted by atomic mass is 16.5. The first-order valence-electron chi connectivity index (χ1n) is 7.39. The monoisotopic (exact) mass is 272 g/mol. The van der Waals surface area contributed by atoms with E-state index in [-0.39, 0.29) is 5.92 Å². The van der Waals surface area contributed by atoms with Crippen molar-refractivity contribution in [2.45, 2.75) is 38.3 Å². The zero-order valence-corrected chi connectivity index (χ0v) is 11.6. The van der Waals surface area contributed by atoms with Crippen LogP contribution < -0.4 is 14.8 Å². The van der Waals surface area contributed by atoms with E-state index in [1.54, 1.807) is 0 Å². The summed E-state index contributed by atoms with van der Waals surface area (Å²) < 4.78 is 11.5. The van der Waals surface area contributed by atoms with E-state index in [1.165, 1.54) is 0 Å². The largest absolute Gasteiger partial charge is 0.490 e. The molecule has 2 atom stereocenters. The second kappa shape index (κ2) is 6.15. The third kappa shape index (κ3) is 2.73. The number of nitrogens with zero attached hydrogens (tertiary/aromatic N) is 1. The molecule has 3 rings (SSSR count). The molecule has 1 saturated carbocycles. The van der Waals surface area contributed by atoms with Crippen LogP contribution in [0.15, 0.2) is 18.2 Å². The number of hydrogen-bond donors (Lipinski definition) is 1. The van der Waals surface area contributed by atoms with Crippen LogP contribution in [0.5, 0.6) is 11.5 Å². The van der Waals surface area contributed by atoms with Gasteiger partial charge in [0.1, 0.15) is 0 Å². The molecule has 0 bridgehead atoms. The molecular weight excluding hydrogens is 252 g/mol. The Labute approximate surface area is 119 Å². The molecule has 4 heteroatoms. The summed E-state index contributed by atoms with van der Waals surface area (Å²) in [4.78, 5) is 0. The van der Waals surface area contributed by atoms with Gasteiger partial charge in [0.2, 0.25) is 0 Å². The Hall–Kier alpha value is -1.73. The molecule has 0 spiro atoms. The van der Waals surface area contributed by atoms with Gasteiger partial charge in [-0.2, -0.15) is 5.26 Å². The molecule has 0 radical (unpaired) electrons. The maximum atomic E-state index is 9.13. The van der Waals surface area contributed by atoms with Gasteiger partial charge >= 0.3 is 0 Å². The fourth-order valence-corrected chi connectivity index (χ4v) is 2.99.